The van der Waals surface area contributed by atoms with Crippen molar-refractivity contribution in [3.8, 4) is 0 Å². The maximum atomic E-state index is 13.6. The van der Waals surface area contributed by atoms with Crippen LogP contribution in [-0.4, -0.2) is 17.5 Å². The van der Waals surface area contributed by atoms with Crippen molar-refractivity contribution in [2.45, 2.75) is 111 Å². The number of carbonyl (C=O) groups is 3. The van der Waals surface area contributed by atoms with Gasteiger partial charge in [0.2, 0.25) is 5.91 Å². The summed E-state index contributed by atoms with van der Waals surface area (Å²) in [7, 11) is 0. The lowest BCUT2D eigenvalue weighted by atomic mass is 9.44. The number of hydrogen-bond donors (Lipinski definition) is 1. The van der Waals surface area contributed by atoms with Crippen molar-refractivity contribution < 1.29 is 14.4 Å². The van der Waals surface area contributed by atoms with Crippen molar-refractivity contribution in [3.63, 3.8) is 0 Å². The number of thiophene rings is 1. The number of fused-ring (bicyclic) bond motifs is 5. The third-order valence-corrected chi connectivity index (χ3v) is 12.6. The molecule has 0 aromatic carbocycles. The maximum Gasteiger partial charge on any atom is 0.220 e. The van der Waals surface area contributed by atoms with Gasteiger partial charge in [-0.05, 0) is 90.4 Å². The molecule has 0 bridgehead atoms. The molecule has 4 fully saturated rings. The van der Waals surface area contributed by atoms with Gasteiger partial charge < -0.3 is 5.32 Å². The van der Waals surface area contributed by atoms with E-state index in [9.17, 15) is 14.4 Å². The lowest BCUT2D eigenvalue weighted by Gasteiger charge is -2.59. The van der Waals surface area contributed by atoms with Crippen LogP contribution >= 0.6 is 11.3 Å². The average Bonchev–Trinajstić information content (AvgIpc) is 3.51. The van der Waals surface area contributed by atoms with Gasteiger partial charge in [0.25, 0.3) is 0 Å². The minimum absolute atomic E-state index is 0.123. The van der Waals surface area contributed by atoms with Crippen molar-refractivity contribution in [3.05, 3.63) is 22.4 Å². The summed E-state index contributed by atoms with van der Waals surface area (Å²) in [5, 5.41) is 5.47. The lowest BCUT2D eigenvalue weighted by molar-refractivity contribution is -0.159. The number of nitrogens with one attached hydrogen (secondary N) is 1. The molecule has 1 amide bonds. The molecule has 4 nitrogen and oxygen atoms in total. The summed E-state index contributed by atoms with van der Waals surface area (Å²) in [6, 6.07) is 4.34. The molecule has 0 spiro atoms. The Morgan fingerprint density at radius 2 is 1.89 bits per heavy atom. The fraction of sp³-hybridized carbons (Fsp3) is 0.781. The van der Waals surface area contributed by atoms with E-state index in [2.05, 4.69) is 50.5 Å². The first kappa shape index (κ1) is 27.1. The monoisotopic (exact) mass is 525 g/mol. The van der Waals surface area contributed by atoms with E-state index in [0.717, 1.165) is 51.4 Å². The second-order valence-corrected chi connectivity index (χ2v) is 14.5. The van der Waals surface area contributed by atoms with Crippen LogP contribution in [0.1, 0.15) is 116 Å². The lowest BCUT2D eigenvalue weighted by Crippen LogP contribution is -2.57. The molecule has 37 heavy (non-hydrogen) atoms. The average molecular weight is 526 g/mol. The van der Waals surface area contributed by atoms with E-state index in [1.807, 2.05) is 0 Å². The number of rotatable bonds is 8. The van der Waals surface area contributed by atoms with Gasteiger partial charge in [0.1, 0.15) is 11.6 Å². The van der Waals surface area contributed by atoms with Gasteiger partial charge in [-0.2, -0.15) is 0 Å². The zero-order valence-electron chi connectivity index (χ0n) is 23.4. The summed E-state index contributed by atoms with van der Waals surface area (Å²) in [6.07, 6.45) is 11.2. The van der Waals surface area contributed by atoms with Crippen molar-refractivity contribution in [1.29, 1.82) is 0 Å². The van der Waals surface area contributed by atoms with E-state index in [1.54, 1.807) is 11.3 Å². The number of unbranched alkanes of at least 4 members (excludes halogenated alkanes) is 1. The Balaban J connectivity index is 1.27. The van der Waals surface area contributed by atoms with Crippen LogP contribution in [0.5, 0.6) is 0 Å². The molecule has 1 heterocycles. The number of ketones is 2. The first-order valence-electron chi connectivity index (χ1n) is 15.0. The summed E-state index contributed by atoms with van der Waals surface area (Å²) < 4.78 is 0. The summed E-state index contributed by atoms with van der Waals surface area (Å²) in [6.45, 7) is 9.33. The quantitative estimate of drug-likeness (QED) is 0.381. The molecule has 0 saturated heterocycles. The van der Waals surface area contributed by atoms with E-state index < -0.39 is 0 Å². The molecule has 2 unspecified atom stereocenters. The fourth-order valence-electron chi connectivity index (χ4n) is 9.57. The summed E-state index contributed by atoms with van der Waals surface area (Å²) in [5.74, 6) is 3.09. The fourth-order valence-corrected chi connectivity index (χ4v) is 10.4. The topological polar surface area (TPSA) is 63.2 Å². The van der Waals surface area contributed by atoms with Crippen LogP contribution in [0, 0.1) is 46.3 Å². The van der Waals surface area contributed by atoms with Gasteiger partial charge >= 0.3 is 0 Å². The Labute approximate surface area is 227 Å². The highest BCUT2D eigenvalue weighted by atomic mass is 32.1. The Bertz CT molecular complexity index is 1000. The summed E-state index contributed by atoms with van der Waals surface area (Å²) in [4.78, 5) is 40.3. The smallest absolute Gasteiger partial charge is 0.220 e. The zero-order chi connectivity index (χ0) is 26.4. The van der Waals surface area contributed by atoms with Gasteiger partial charge in [-0.25, -0.2) is 0 Å². The predicted octanol–water partition coefficient (Wildman–Crippen LogP) is 7.53. The van der Waals surface area contributed by atoms with Gasteiger partial charge in [0.15, 0.2) is 0 Å². The van der Waals surface area contributed by atoms with Crippen molar-refractivity contribution in [1.82, 2.24) is 5.32 Å². The van der Waals surface area contributed by atoms with E-state index in [-0.39, 0.29) is 34.6 Å². The molecule has 5 rings (SSSR count). The minimum atomic E-state index is 0.123. The molecule has 1 aromatic rings. The highest BCUT2D eigenvalue weighted by Crippen LogP contribution is 2.67. The Hall–Kier alpha value is -1.49. The van der Waals surface area contributed by atoms with Crippen LogP contribution in [0.2, 0.25) is 0 Å². The van der Waals surface area contributed by atoms with Crippen LogP contribution in [0.25, 0.3) is 0 Å². The van der Waals surface area contributed by atoms with Gasteiger partial charge in [-0.3, -0.25) is 14.4 Å². The van der Waals surface area contributed by atoms with E-state index in [1.165, 1.54) is 4.88 Å². The van der Waals surface area contributed by atoms with E-state index in [4.69, 9.17) is 0 Å². The molecule has 1 N–H and O–H groups in total. The molecule has 4 aliphatic carbocycles. The molecule has 204 valence electrons. The molecule has 0 aliphatic heterocycles. The van der Waals surface area contributed by atoms with Crippen LogP contribution < -0.4 is 5.32 Å². The maximum absolute atomic E-state index is 13.6. The highest BCUT2D eigenvalue weighted by Gasteiger charge is 2.63. The summed E-state index contributed by atoms with van der Waals surface area (Å²) in [5.41, 5.74) is 0.284. The third-order valence-electron chi connectivity index (χ3n) is 11.6. The molecule has 9 atom stereocenters. The molecule has 1 aromatic heterocycles. The van der Waals surface area contributed by atoms with Crippen LogP contribution in [-0.2, 0) is 14.4 Å². The minimum Gasteiger partial charge on any atom is -0.348 e. The SMILES string of the molecule is CCCCC(NC(=O)C[C@@H](C)C1CC[C@H]2[C@@H]3C(=O)C[C@@H]4CC(=O)CC[C@]4(C)[C@H]3CC[C@]12C)c1cccs1. The molecule has 5 heteroatoms. The highest BCUT2D eigenvalue weighted by molar-refractivity contribution is 7.10. The number of carbonyl (C=O) groups excluding carboxylic acids is 3. The van der Waals surface area contributed by atoms with Crippen molar-refractivity contribution >= 4 is 28.8 Å². The van der Waals surface area contributed by atoms with Gasteiger partial charge in [0.05, 0.1) is 6.04 Å². The zero-order valence-corrected chi connectivity index (χ0v) is 24.2. The largest absolute Gasteiger partial charge is 0.348 e. The third kappa shape index (κ3) is 4.87. The Kier molecular flexibility index (Phi) is 7.75. The van der Waals surface area contributed by atoms with Crippen molar-refractivity contribution in [2.75, 3.05) is 0 Å². The molecule has 4 saturated carbocycles. The van der Waals surface area contributed by atoms with Crippen molar-refractivity contribution in [2.24, 2.45) is 46.3 Å². The molecular formula is C32H47NO3S. The summed E-state index contributed by atoms with van der Waals surface area (Å²) >= 11 is 1.73. The molecular weight excluding hydrogens is 478 g/mol. The molecule has 0 radical (unpaired) electrons. The van der Waals surface area contributed by atoms with Crippen LogP contribution in [0.4, 0.5) is 0 Å². The Morgan fingerprint density at radius 3 is 2.62 bits per heavy atom. The number of Topliss-reactive ketones (excluding diaryl/α,β-unsaturated/α-hetero) is 2. The van der Waals surface area contributed by atoms with E-state index in [0.29, 0.717) is 60.9 Å². The standard InChI is InChI=1S/C32H47NO3S/c1-5-6-8-26(28-9-7-16-37-28)33-29(36)17-20(2)23-10-11-24-30-25(13-15-32(23,24)4)31(3)14-12-22(34)18-21(31)19-27(30)35/h7,9,16,20-21,23-26,30H,5-6,8,10-15,17-19H2,1-4H3,(H,33,36)/t20-,21+,23?,24+,25+,26?,30+,31+,32-/m1/s1. The van der Waals surface area contributed by atoms with Gasteiger partial charge in [0, 0.05) is 36.5 Å². The van der Waals surface area contributed by atoms with Crippen LogP contribution in [0.15, 0.2) is 17.5 Å². The second-order valence-electron chi connectivity index (χ2n) is 13.5. The number of hydrogen-bond acceptors (Lipinski definition) is 4. The van der Waals surface area contributed by atoms with Crippen LogP contribution in [0.3, 0.4) is 0 Å². The molecule has 4 aliphatic rings. The first-order valence-corrected chi connectivity index (χ1v) is 15.9. The normalized spacial score (nSPS) is 38.9. The van der Waals surface area contributed by atoms with Gasteiger partial charge in [-0.1, -0.05) is 46.6 Å². The Morgan fingerprint density at radius 1 is 1.11 bits per heavy atom. The van der Waals surface area contributed by atoms with E-state index >= 15 is 0 Å². The second kappa shape index (κ2) is 10.6. The predicted molar refractivity (Wildman–Crippen MR) is 149 cm³/mol. The number of amides is 1. The van der Waals surface area contributed by atoms with Gasteiger partial charge in [-0.15, -0.1) is 11.3 Å². The first-order chi connectivity index (χ1) is 17.7.